The molecule has 1 rings (SSSR count). The van der Waals surface area contributed by atoms with Gasteiger partial charge in [0, 0.05) is 19.1 Å². The van der Waals surface area contributed by atoms with Gasteiger partial charge in [0.15, 0.2) is 0 Å². The maximum absolute atomic E-state index is 11.8. The van der Waals surface area contributed by atoms with E-state index in [4.69, 9.17) is 16.3 Å². The summed E-state index contributed by atoms with van der Waals surface area (Å²) in [5.41, 5.74) is 1.24. The molecule has 0 aromatic heterocycles. The quantitative estimate of drug-likeness (QED) is 0.923. The highest BCUT2D eigenvalue weighted by molar-refractivity contribution is 6.31. The first-order valence-electron chi connectivity index (χ1n) is 6.10. The van der Waals surface area contributed by atoms with Crippen molar-refractivity contribution in [3.8, 4) is 0 Å². The van der Waals surface area contributed by atoms with Gasteiger partial charge in [0.25, 0.3) is 0 Å². The van der Waals surface area contributed by atoms with Gasteiger partial charge in [-0.05, 0) is 39.0 Å². The van der Waals surface area contributed by atoms with E-state index >= 15 is 0 Å². The van der Waals surface area contributed by atoms with Crippen molar-refractivity contribution in [1.82, 2.24) is 0 Å². The number of ether oxygens (including phenoxy) is 1. The predicted octanol–water partition coefficient (Wildman–Crippen LogP) is 3.16. The second-order valence-corrected chi connectivity index (χ2v) is 5.94. The molecule has 0 bridgehead atoms. The zero-order valence-electron chi connectivity index (χ0n) is 12.1. The van der Waals surface area contributed by atoms with Crippen molar-refractivity contribution in [3.05, 3.63) is 23.2 Å². The summed E-state index contributed by atoms with van der Waals surface area (Å²) < 4.78 is 5.44. The normalized spacial score (nSPS) is 11.3. The average molecular weight is 285 g/mol. The first-order valence-corrected chi connectivity index (χ1v) is 6.47. The number of halogens is 1. The molecule has 5 heteroatoms. The van der Waals surface area contributed by atoms with Crippen LogP contribution >= 0.6 is 11.6 Å². The molecule has 106 valence electrons. The number of nitrogens with one attached hydrogen (secondary N) is 1. The first kappa shape index (κ1) is 15.8. The SMILES string of the molecule is CN(C)c1ccc(Cl)cc1NC(=O)COC(C)(C)C. The summed E-state index contributed by atoms with van der Waals surface area (Å²) in [7, 11) is 3.81. The van der Waals surface area contributed by atoms with Crippen molar-refractivity contribution >= 4 is 28.9 Å². The van der Waals surface area contributed by atoms with Gasteiger partial charge in [-0.25, -0.2) is 0 Å². The van der Waals surface area contributed by atoms with Crippen LogP contribution in [0.3, 0.4) is 0 Å². The Morgan fingerprint density at radius 3 is 2.53 bits per heavy atom. The average Bonchev–Trinajstić information content (AvgIpc) is 2.25. The van der Waals surface area contributed by atoms with Gasteiger partial charge in [0.05, 0.1) is 17.0 Å². The summed E-state index contributed by atoms with van der Waals surface area (Å²) in [6.07, 6.45) is 0. The van der Waals surface area contributed by atoms with Crippen molar-refractivity contribution in [1.29, 1.82) is 0 Å². The fourth-order valence-corrected chi connectivity index (χ4v) is 1.64. The zero-order chi connectivity index (χ0) is 14.6. The fraction of sp³-hybridized carbons (Fsp3) is 0.500. The van der Waals surface area contributed by atoms with Crippen molar-refractivity contribution in [2.75, 3.05) is 30.9 Å². The van der Waals surface area contributed by atoms with Crippen molar-refractivity contribution < 1.29 is 9.53 Å². The zero-order valence-corrected chi connectivity index (χ0v) is 12.8. The Kier molecular flexibility index (Phi) is 5.20. The Labute approximate surface area is 119 Å². The highest BCUT2D eigenvalue weighted by Gasteiger charge is 2.14. The van der Waals surface area contributed by atoms with Gasteiger partial charge < -0.3 is 15.0 Å². The van der Waals surface area contributed by atoms with E-state index in [2.05, 4.69) is 5.32 Å². The van der Waals surface area contributed by atoms with E-state index in [1.807, 2.05) is 45.8 Å². The van der Waals surface area contributed by atoms with Crippen LogP contribution in [0.1, 0.15) is 20.8 Å². The molecule has 1 N–H and O–H groups in total. The molecule has 1 aromatic rings. The number of nitrogens with zero attached hydrogens (tertiary/aromatic N) is 1. The van der Waals surface area contributed by atoms with E-state index < -0.39 is 0 Å². The van der Waals surface area contributed by atoms with E-state index in [1.54, 1.807) is 12.1 Å². The van der Waals surface area contributed by atoms with Crippen LogP contribution in [0.4, 0.5) is 11.4 Å². The predicted molar refractivity (Wildman–Crippen MR) is 80.1 cm³/mol. The van der Waals surface area contributed by atoms with Gasteiger partial charge >= 0.3 is 0 Å². The summed E-state index contributed by atoms with van der Waals surface area (Å²) in [5, 5.41) is 3.40. The molecular weight excluding hydrogens is 264 g/mol. The lowest BCUT2D eigenvalue weighted by Crippen LogP contribution is -2.27. The molecule has 0 atom stereocenters. The number of amides is 1. The van der Waals surface area contributed by atoms with Crippen LogP contribution in [0.15, 0.2) is 18.2 Å². The second kappa shape index (κ2) is 6.26. The van der Waals surface area contributed by atoms with E-state index in [0.717, 1.165) is 5.69 Å². The highest BCUT2D eigenvalue weighted by Crippen LogP contribution is 2.27. The monoisotopic (exact) mass is 284 g/mol. The molecule has 0 saturated heterocycles. The van der Waals surface area contributed by atoms with Crippen LogP contribution in [0, 0.1) is 0 Å². The van der Waals surface area contributed by atoms with Crippen LogP contribution in [0.25, 0.3) is 0 Å². The van der Waals surface area contributed by atoms with Gasteiger partial charge in [-0.2, -0.15) is 0 Å². The highest BCUT2D eigenvalue weighted by atomic mass is 35.5. The first-order chi connectivity index (χ1) is 8.69. The van der Waals surface area contributed by atoms with Crippen molar-refractivity contribution in [3.63, 3.8) is 0 Å². The van der Waals surface area contributed by atoms with E-state index in [0.29, 0.717) is 10.7 Å². The van der Waals surface area contributed by atoms with Crippen molar-refractivity contribution in [2.24, 2.45) is 0 Å². The minimum Gasteiger partial charge on any atom is -0.376 e. The maximum Gasteiger partial charge on any atom is 0.250 e. The molecule has 0 radical (unpaired) electrons. The summed E-state index contributed by atoms with van der Waals surface area (Å²) in [4.78, 5) is 13.8. The summed E-state index contributed by atoms with van der Waals surface area (Å²) >= 11 is 5.95. The van der Waals surface area contributed by atoms with E-state index in [-0.39, 0.29) is 18.1 Å². The molecule has 1 aromatic carbocycles. The lowest BCUT2D eigenvalue weighted by atomic mass is 10.2. The lowest BCUT2D eigenvalue weighted by Gasteiger charge is -2.21. The largest absolute Gasteiger partial charge is 0.376 e. The Morgan fingerprint density at radius 2 is 2.00 bits per heavy atom. The third kappa shape index (κ3) is 5.49. The summed E-state index contributed by atoms with van der Waals surface area (Å²) in [5.74, 6) is -0.194. The van der Waals surface area contributed by atoms with Gasteiger partial charge in [-0.3, -0.25) is 4.79 Å². The molecule has 0 aliphatic rings. The Morgan fingerprint density at radius 1 is 1.37 bits per heavy atom. The molecule has 4 nitrogen and oxygen atoms in total. The number of hydrogen-bond acceptors (Lipinski definition) is 3. The van der Waals surface area contributed by atoms with Gasteiger partial charge in [-0.15, -0.1) is 0 Å². The van der Waals surface area contributed by atoms with Crippen LogP contribution in [-0.4, -0.2) is 32.2 Å². The maximum atomic E-state index is 11.8. The van der Waals surface area contributed by atoms with Gasteiger partial charge in [-0.1, -0.05) is 11.6 Å². The van der Waals surface area contributed by atoms with Gasteiger partial charge in [0.2, 0.25) is 5.91 Å². The number of rotatable bonds is 4. The minimum absolute atomic E-state index is 0.0167. The summed E-state index contributed by atoms with van der Waals surface area (Å²) in [6, 6.07) is 5.38. The smallest absolute Gasteiger partial charge is 0.250 e. The molecule has 0 saturated carbocycles. The molecular formula is C14H21ClN2O2. The topological polar surface area (TPSA) is 41.6 Å². The number of hydrogen-bond donors (Lipinski definition) is 1. The second-order valence-electron chi connectivity index (χ2n) is 5.51. The number of carbonyl (C=O) groups is 1. The molecule has 0 aliphatic carbocycles. The van der Waals surface area contributed by atoms with Gasteiger partial charge in [0.1, 0.15) is 6.61 Å². The number of benzene rings is 1. The van der Waals surface area contributed by atoms with E-state index in [9.17, 15) is 4.79 Å². The van der Waals surface area contributed by atoms with Crippen LogP contribution in [-0.2, 0) is 9.53 Å². The molecule has 0 aliphatic heterocycles. The number of anilines is 2. The summed E-state index contributed by atoms with van der Waals surface area (Å²) in [6.45, 7) is 5.74. The molecule has 0 unspecified atom stereocenters. The Hall–Kier alpha value is -1.26. The molecule has 19 heavy (non-hydrogen) atoms. The molecule has 1 amide bonds. The fourth-order valence-electron chi connectivity index (χ4n) is 1.47. The van der Waals surface area contributed by atoms with Crippen LogP contribution in [0.2, 0.25) is 5.02 Å². The number of carbonyl (C=O) groups excluding carboxylic acids is 1. The van der Waals surface area contributed by atoms with Crippen LogP contribution < -0.4 is 10.2 Å². The lowest BCUT2D eigenvalue weighted by molar-refractivity contribution is -0.125. The van der Waals surface area contributed by atoms with E-state index in [1.165, 1.54) is 0 Å². The Balaban J connectivity index is 2.76. The standard InChI is InChI=1S/C14H21ClN2O2/c1-14(2,3)19-9-13(18)16-11-8-10(15)6-7-12(11)17(4)5/h6-8H,9H2,1-5H3,(H,16,18). The minimum atomic E-state index is -0.337. The Bertz CT molecular complexity index is 453. The van der Waals surface area contributed by atoms with Crippen LogP contribution in [0.5, 0.6) is 0 Å². The molecule has 0 spiro atoms. The molecule has 0 fully saturated rings. The third-order valence-electron chi connectivity index (χ3n) is 2.35. The third-order valence-corrected chi connectivity index (χ3v) is 2.59. The van der Waals surface area contributed by atoms with Crippen molar-refractivity contribution in [2.45, 2.75) is 26.4 Å². The molecule has 0 heterocycles.